The van der Waals surface area contributed by atoms with Gasteiger partial charge in [0.2, 0.25) is 0 Å². The van der Waals surface area contributed by atoms with Crippen LogP contribution in [0.25, 0.3) is 11.1 Å². The minimum atomic E-state index is -1.67. The number of anilines is 1. The van der Waals surface area contributed by atoms with Gasteiger partial charge in [-0.3, -0.25) is 14.7 Å². The Bertz CT molecular complexity index is 1500. The van der Waals surface area contributed by atoms with Gasteiger partial charge in [0, 0.05) is 23.6 Å². The molecule has 4 aromatic rings. The Hall–Kier alpha value is -4.67. The number of hydrogen-bond acceptors (Lipinski definition) is 6. The molecule has 0 aliphatic rings. The highest BCUT2D eigenvalue weighted by molar-refractivity contribution is 6.30. The molecular formula is C29H27ClN4O6. The number of carbonyl (C=O) groups excluding carboxylic acids is 2. The lowest BCUT2D eigenvalue weighted by Crippen LogP contribution is -2.40. The average molecular weight is 563 g/mol. The van der Waals surface area contributed by atoms with Crippen molar-refractivity contribution in [2.45, 2.75) is 25.0 Å². The van der Waals surface area contributed by atoms with Crippen molar-refractivity contribution in [3.8, 4) is 16.9 Å². The number of para-hydroxylation sites is 1. The SMILES string of the molecule is COc1ccccc1C(=O)Nc1cc(C(=O)N[C@H](Cc2ccc(-c3cccc(Cl)c3)cc2)C[C@@H](O)C(=O)O)[nH]n1. The quantitative estimate of drug-likeness (QED) is 0.184. The van der Waals surface area contributed by atoms with E-state index in [0.29, 0.717) is 16.3 Å². The molecule has 0 radical (unpaired) electrons. The molecule has 0 aliphatic carbocycles. The summed E-state index contributed by atoms with van der Waals surface area (Å²) in [6.07, 6.45) is -1.63. The van der Waals surface area contributed by atoms with Crippen molar-refractivity contribution in [1.29, 1.82) is 0 Å². The van der Waals surface area contributed by atoms with Gasteiger partial charge in [-0.1, -0.05) is 60.1 Å². The number of carboxylic acid groups (broad SMARTS) is 1. The van der Waals surface area contributed by atoms with Gasteiger partial charge in [-0.15, -0.1) is 0 Å². The summed E-state index contributed by atoms with van der Waals surface area (Å²) in [6.45, 7) is 0. The van der Waals surface area contributed by atoms with Crippen LogP contribution >= 0.6 is 11.6 Å². The molecule has 4 rings (SSSR count). The second kappa shape index (κ2) is 12.9. The van der Waals surface area contributed by atoms with Gasteiger partial charge in [0.1, 0.15) is 11.4 Å². The first-order valence-corrected chi connectivity index (χ1v) is 12.7. The number of halogens is 1. The number of aliphatic carboxylic acids is 1. The molecule has 5 N–H and O–H groups in total. The number of carboxylic acids is 1. The van der Waals surface area contributed by atoms with Crippen molar-refractivity contribution in [2.75, 3.05) is 12.4 Å². The van der Waals surface area contributed by atoms with Gasteiger partial charge in [-0.25, -0.2) is 4.79 Å². The second-order valence-electron chi connectivity index (χ2n) is 8.99. The number of methoxy groups -OCH3 is 1. The number of aromatic amines is 1. The smallest absolute Gasteiger partial charge is 0.332 e. The number of aromatic nitrogens is 2. The highest BCUT2D eigenvalue weighted by Gasteiger charge is 2.24. The molecule has 40 heavy (non-hydrogen) atoms. The highest BCUT2D eigenvalue weighted by atomic mass is 35.5. The van der Waals surface area contributed by atoms with E-state index >= 15 is 0 Å². The number of amides is 2. The molecule has 0 unspecified atom stereocenters. The number of nitrogens with one attached hydrogen (secondary N) is 3. The summed E-state index contributed by atoms with van der Waals surface area (Å²) in [7, 11) is 1.45. The van der Waals surface area contributed by atoms with Gasteiger partial charge < -0.3 is 25.6 Å². The van der Waals surface area contributed by atoms with Crippen LogP contribution in [-0.4, -0.2) is 57.4 Å². The van der Waals surface area contributed by atoms with Gasteiger partial charge in [0.05, 0.1) is 12.7 Å². The molecule has 3 aromatic carbocycles. The molecule has 0 saturated heterocycles. The minimum absolute atomic E-state index is 0.0430. The van der Waals surface area contributed by atoms with Crippen molar-refractivity contribution in [2.24, 2.45) is 0 Å². The standard InChI is InChI=1S/C29H27ClN4O6/c1-40-25-8-3-2-7-22(25)27(36)32-26-16-23(33-34-26)28(37)31-21(15-24(35)29(38)39)13-17-9-11-18(12-10-17)19-5-4-6-20(30)14-19/h2-12,14,16,21,24,35H,13,15H2,1H3,(H,31,37)(H,38,39)(H2,32,33,34,36)/t21-,24-/m1/s1. The van der Waals surface area contributed by atoms with E-state index in [1.807, 2.05) is 42.5 Å². The molecule has 0 saturated carbocycles. The van der Waals surface area contributed by atoms with Crippen molar-refractivity contribution in [3.05, 3.63) is 101 Å². The normalized spacial score (nSPS) is 12.3. The predicted octanol–water partition coefficient (Wildman–Crippen LogP) is 4.17. The number of carbonyl (C=O) groups is 3. The van der Waals surface area contributed by atoms with E-state index in [1.165, 1.54) is 13.2 Å². The Kier molecular flexibility index (Phi) is 9.15. The summed E-state index contributed by atoms with van der Waals surface area (Å²) in [4.78, 5) is 36.9. The maximum atomic E-state index is 13.0. The maximum Gasteiger partial charge on any atom is 0.332 e. The fourth-order valence-electron chi connectivity index (χ4n) is 4.13. The molecule has 1 aromatic heterocycles. The summed E-state index contributed by atoms with van der Waals surface area (Å²) in [5.41, 5.74) is 3.04. The van der Waals surface area contributed by atoms with Crippen molar-refractivity contribution >= 4 is 35.2 Å². The third kappa shape index (κ3) is 7.25. The predicted molar refractivity (Wildman–Crippen MR) is 150 cm³/mol. The number of aliphatic hydroxyl groups excluding tert-OH is 1. The largest absolute Gasteiger partial charge is 0.496 e. The van der Waals surface area contributed by atoms with E-state index in [1.54, 1.807) is 30.3 Å². The monoisotopic (exact) mass is 562 g/mol. The first-order valence-electron chi connectivity index (χ1n) is 12.3. The Balaban J connectivity index is 1.45. The zero-order valence-electron chi connectivity index (χ0n) is 21.4. The molecule has 0 fully saturated rings. The molecule has 11 heteroatoms. The second-order valence-corrected chi connectivity index (χ2v) is 9.43. The van der Waals surface area contributed by atoms with E-state index in [9.17, 15) is 24.6 Å². The van der Waals surface area contributed by atoms with Crippen LogP contribution in [0.15, 0.2) is 78.9 Å². The zero-order chi connectivity index (χ0) is 28.6. The van der Waals surface area contributed by atoms with Gasteiger partial charge in [0.15, 0.2) is 11.9 Å². The van der Waals surface area contributed by atoms with Crippen molar-refractivity contribution in [1.82, 2.24) is 15.5 Å². The first kappa shape index (κ1) is 28.3. The highest BCUT2D eigenvalue weighted by Crippen LogP contribution is 2.24. The van der Waals surface area contributed by atoms with Crippen molar-refractivity contribution < 1.29 is 29.3 Å². The number of H-pyrrole nitrogens is 1. The molecule has 0 spiro atoms. The van der Waals surface area contributed by atoms with Crippen LogP contribution in [-0.2, 0) is 11.2 Å². The Morgan fingerprint density at radius 1 is 0.975 bits per heavy atom. The fourth-order valence-corrected chi connectivity index (χ4v) is 4.32. The van der Waals surface area contributed by atoms with Crippen molar-refractivity contribution in [3.63, 3.8) is 0 Å². The zero-order valence-corrected chi connectivity index (χ0v) is 22.2. The Morgan fingerprint density at radius 3 is 2.42 bits per heavy atom. The van der Waals surface area contributed by atoms with Crippen LogP contribution < -0.4 is 15.4 Å². The number of hydrogen-bond donors (Lipinski definition) is 5. The minimum Gasteiger partial charge on any atom is -0.496 e. The lowest BCUT2D eigenvalue weighted by molar-refractivity contribution is -0.147. The van der Waals surface area contributed by atoms with E-state index < -0.39 is 29.9 Å². The van der Waals surface area contributed by atoms with Gasteiger partial charge >= 0.3 is 5.97 Å². The summed E-state index contributed by atoms with van der Waals surface area (Å²) in [5.74, 6) is -1.95. The third-order valence-corrected chi connectivity index (χ3v) is 6.37. The summed E-state index contributed by atoms with van der Waals surface area (Å²) in [5, 5.41) is 31.7. The molecule has 2 amide bonds. The Morgan fingerprint density at radius 2 is 1.73 bits per heavy atom. The van der Waals surface area contributed by atoms with Gasteiger partial charge in [-0.05, 0) is 47.4 Å². The number of nitrogens with zero attached hydrogens (tertiary/aromatic N) is 1. The fraction of sp³-hybridized carbons (Fsp3) is 0.172. The molecule has 0 aliphatic heterocycles. The van der Waals surface area contributed by atoms with Crippen LogP contribution in [0.1, 0.15) is 32.8 Å². The van der Waals surface area contributed by atoms with Crippen LogP contribution in [0.5, 0.6) is 5.75 Å². The first-order chi connectivity index (χ1) is 19.2. The number of aliphatic hydroxyl groups is 1. The van der Waals surface area contributed by atoms with Crippen LogP contribution in [0.4, 0.5) is 5.82 Å². The summed E-state index contributed by atoms with van der Waals surface area (Å²) < 4.78 is 5.20. The lowest BCUT2D eigenvalue weighted by atomic mass is 9.97. The lowest BCUT2D eigenvalue weighted by Gasteiger charge is -2.20. The van der Waals surface area contributed by atoms with Crippen LogP contribution in [0.2, 0.25) is 5.02 Å². The van der Waals surface area contributed by atoms with E-state index in [4.69, 9.17) is 16.3 Å². The molecular weight excluding hydrogens is 536 g/mol. The molecule has 206 valence electrons. The average Bonchev–Trinajstić information content (AvgIpc) is 3.42. The molecule has 0 bridgehead atoms. The van der Waals surface area contributed by atoms with Gasteiger partial charge in [-0.2, -0.15) is 5.10 Å². The van der Waals surface area contributed by atoms with Crippen LogP contribution in [0, 0.1) is 0 Å². The Labute approximate surface area is 235 Å². The van der Waals surface area contributed by atoms with E-state index in [2.05, 4.69) is 20.8 Å². The van der Waals surface area contributed by atoms with E-state index in [0.717, 1.165) is 16.7 Å². The number of ether oxygens (including phenoxy) is 1. The number of rotatable bonds is 11. The molecule has 2 atom stereocenters. The topological polar surface area (TPSA) is 154 Å². The number of benzene rings is 3. The molecule has 10 nitrogen and oxygen atoms in total. The molecule has 1 heterocycles. The van der Waals surface area contributed by atoms with Crippen LogP contribution in [0.3, 0.4) is 0 Å². The van der Waals surface area contributed by atoms with Gasteiger partial charge in [0.25, 0.3) is 11.8 Å². The third-order valence-electron chi connectivity index (χ3n) is 6.14. The summed E-state index contributed by atoms with van der Waals surface area (Å²) in [6, 6.07) is 22.3. The summed E-state index contributed by atoms with van der Waals surface area (Å²) >= 11 is 6.09. The van der Waals surface area contributed by atoms with E-state index in [-0.39, 0.29) is 24.4 Å². The maximum absolute atomic E-state index is 13.0.